The van der Waals surface area contributed by atoms with Crippen LogP contribution in [0.3, 0.4) is 0 Å². The normalized spacial score (nSPS) is 23.0. The molecule has 1 aliphatic heterocycles. The van der Waals surface area contributed by atoms with Gasteiger partial charge in [0.05, 0.1) is 21.7 Å². The number of carbonyl (C=O) groups is 1. The number of hydrogen-bond donors (Lipinski definition) is 2. The molecule has 6 heteroatoms. The summed E-state index contributed by atoms with van der Waals surface area (Å²) in [5.74, 6) is 0.0396. The molecule has 2 N–H and O–H groups in total. The van der Waals surface area contributed by atoms with Crippen molar-refractivity contribution in [2.24, 2.45) is 5.92 Å². The van der Waals surface area contributed by atoms with E-state index in [4.69, 9.17) is 16.3 Å². The number of ether oxygens (including phenoxy) is 1. The fourth-order valence-electron chi connectivity index (χ4n) is 4.50. The number of hydrogen-bond acceptors (Lipinski definition) is 3. The Morgan fingerprint density at radius 1 is 1.33 bits per heavy atom. The molecule has 2 unspecified atom stereocenters. The molecular weight excluding hydrogens is 364 g/mol. The predicted molar refractivity (Wildman–Crippen MR) is 106 cm³/mol. The molecule has 2 atom stereocenters. The maximum Gasteiger partial charge on any atom is 0.253 e. The van der Waals surface area contributed by atoms with Gasteiger partial charge in [-0.3, -0.25) is 4.79 Å². The van der Waals surface area contributed by atoms with Crippen LogP contribution in [0.15, 0.2) is 24.4 Å². The number of carbonyl (C=O) groups excluding carboxylic acids is 1. The van der Waals surface area contributed by atoms with Crippen molar-refractivity contribution >= 4 is 28.4 Å². The molecular formula is C21H27ClN2O3. The molecule has 2 fully saturated rings. The second kappa shape index (κ2) is 7.46. The van der Waals surface area contributed by atoms with E-state index < -0.39 is 5.60 Å². The van der Waals surface area contributed by atoms with Gasteiger partial charge in [-0.1, -0.05) is 30.5 Å². The van der Waals surface area contributed by atoms with Gasteiger partial charge >= 0.3 is 0 Å². The van der Waals surface area contributed by atoms with Gasteiger partial charge in [0.2, 0.25) is 0 Å². The molecule has 2 aromatic rings. The fraction of sp³-hybridized carbons (Fsp3) is 0.571. The molecule has 1 aromatic heterocycles. The van der Waals surface area contributed by atoms with Gasteiger partial charge in [0.1, 0.15) is 6.23 Å². The maximum absolute atomic E-state index is 13.0. The monoisotopic (exact) mass is 390 g/mol. The highest BCUT2D eigenvalue weighted by molar-refractivity contribution is 6.36. The van der Waals surface area contributed by atoms with Crippen LogP contribution in [-0.4, -0.2) is 34.3 Å². The smallest absolute Gasteiger partial charge is 0.253 e. The van der Waals surface area contributed by atoms with E-state index in [9.17, 15) is 9.90 Å². The summed E-state index contributed by atoms with van der Waals surface area (Å²) in [5.41, 5.74) is 0.554. The van der Waals surface area contributed by atoms with Gasteiger partial charge in [0.25, 0.3) is 5.91 Å². The molecule has 1 amide bonds. The number of nitrogens with one attached hydrogen (secondary N) is 1. The number of amides is 1. The summed E-state index contributed by atoms with van der Waals surface area (Å²) in [7, 11) is 0. The number of halogens is 1. The first-order valence-corrected chi connectivity index (χ1v) is 10.3. The van der Waals surface area contributed by atoms with Gasteiger partial charge in [-0.05, 0) is 50.7 Å². The number of aliphatic hydroxyl groups is 1. The zero-order valence-corrected chi connectivity index (χ0v) is 16.5. The third-order valence-electron chi connectivity index (χ3n) is 6.11. The zero-order chi connectivity index (χ0) is 19.0. The Morgan fingerprint density at radius 3 is 2.81 bits per heavy atom. The van der Waals surface area contributed by atoms with E-state index >= 15 is 0 Å². The van der Waals surface area contributed by atoms with Crippen LogP contribution < -0.4 is 5.32 Å². The van der Waals surface area contributed by atoms with Crippen LogP contribution in [0.25, 0.3) is 10.9 Å². The summed E-state index contributed by atoms with van der Waals surface area (Å²) in [6.45, 7) is 2.80. The lowest BCUT2D eigenvalue weighted by Crippen LogP contribution is -2.45. The minimum atomic E-state index is -0.886. The summed E-state index contributed by atoms with van der Waals surface area (Å²) in [5, 5.41) is 15.0. The summed E-state index contributed by atoms with van der Waals surface area (Å²) in [4.78, 5) is 13.0. The summed E-state index contributed by atoms with van der Waals surface area (Å²) in [6.07, 6.45) is 8.06. The molecule has 0 radical (unpaired) electrons. The Balaban J connectivity index is 1.59. The SMILES string of the molecule is CC(O)(CNC(=O)c1cn(C2CCCO2)c2cccc(Cl)c12)C1CCCC1. The van der Waals surface area contributed by atoms with E-state index in [2.05, 4.69) is 5.32 Å². The largest absolute Gasteiger partial charge is 0.388 e. The van der Waals surface area contributed by atoms with E-state index in [1.807, 2.05) is 29.8 Å². The van der Waals surface area contributed by atoms with Gasteiger partial charge in [-0.15, -0.1) is 0 Å². The molecule has 2 aliphatic rings. The molecule has 1 saturated carbocycles. The Kier molecular flexibility index (Phi) is 5.19. The fourth-order valence-corrected chi connectivity index (χ4v) is 4.78. The van der Waals surface area contributed by atoms with Crippen molar-refractivity contribution in [2.75, 3.05) is 13.2 Å². The number of nitrogens with zero attached hydrogens (tertiary/aromatic N) is 1. The highest BCUT2D eigenvalue weighted by Crippen LogP contribution is 2.35. The first-order valence-electron chi connectivity index (χ1n) is 9.88. The van der Waals surface area contributed by atoms with E-state index in [0.717, 1.165) is 56.0 Å². The molecule has 1 aromatic carbocycles. The van der Waals surface area contributed by atoms with Crippen molar-refractivity contribution < 1.29 is 14.6 Å². The first kappa shape index (κ1) is 18.8. The minimum absolute atomic E-state index is 0.0610. The summed E-state index contributed by atoms with van der Waals surface area (Å²) >= 11 is 6.44. The Labute approximate surface area is 164 Å². The van der Waals surface area contributed by atoms with Crippen molar-refractivity contribution in [2.45, 2.75) is 57.3 Å². The lowest BCUT2D eigenvalue weighted by Gasteiger charge is -2.30. The van der Waals surface area contributed by atoms with Crippen molar-refractivity contribution in [3.63, 3.8) is 0 Å². The second-order valence-corrected chi connectivity index (χ2v) is 8.48. The van der Waals surface area contributed by atoms with Gasteiger partial charge in [-0.2, -0.15) is 0 Å². The average Bonchev–Trinajstić information content (AvgIpc) is 3.39. The molecule has 0 spiro atoms. The van der Waals surface area contributed by atoms with E-state index in [1.165, 1.54) is 0 Å². The van der Waals surface area contributed by atoms with Crippen LogP contribution in [0, 0.1) is 5.92 Å². The Hall–Kier alpha value is -1.56. The highest BCUT2D eigenvalue weighted by atomic mass is 35.5. The van der Waals surface area contributed by atoms with Crippen molar-refractivity contribution in [1.29, 1.82) is 0 Å². The molecule has 0 bridgehead atoms. The average molecular weight is 391 g/mol. The highest BCUT2D eigenvalue weighted by Gasteiger charge is 2.34. The van der Waals surface area contributed by atoms with Gasteiger partial charge in [0.15, 0.2) is 0 Å². The summed E-state index contributed by atoms with van der Waals surface area (Å²) in [6, 6.07) is 5.66. The van der Waals surface area contributed by atoms with Crippen molar-refractivity contribution in [1.82, 2.24) is 9.88 Å². The molecule has 146 valence electrons. The number of benzene rings is 1. The van der Waals surface area contributed by atoms with Gasteiger partial charge in [-0.25, -0.2) is 0 Å². The van der Waals surface area contributed by atoms with Gasteiger partial charge in [0, 0.05) is 24.7 Å². The zero-order valence-electron chi connectivity index (χ0n) is 15.7. The van der Waals surface area contributed by atoms with Crippen molar-refractivity contribution in [3.8, 4) is 0 Å². The maximum atomic E-state index is 13.0. The van der Waals surface area contributed by atoms with Crippen LogP contribution in [0.4, 0.5) is 0 Å². The van der Waals surface area contributed by atoms with Crippen LogP contribution in [0.5, 0.6) is 0 Å². The lowest BCUT2D eigenvalue weighted by molar-refractivity contribution is 0.00284. The summed E-state index contributed by atoms with van der Waals surface area (Å²) < 4.78 is 7.82. The number of rotatable bonds is 5. The van der Waals surface area contributed by atoms with Crippen molar-refractivity contribution in [3.05, 3.63) is 35.0 Å². The van der Waals surface area contributed by atoms with E-state index in [1.54, 1.807) is 6.07 Å². The second-order valence-electron chi connectivity index (χ2n) is 8.07. The van der Waals surface area contributed by atoms with Crippen LogP contribution in [0.1, 0.15) is 62.0 Å². The molecule has 27 heavy (non-hydrogen) atoms. The quantitative estimate of drug-likeness (QED) is 0.801. The topological polar surface area (TPSA) is 63.5 Å². The first-order chi connectivity index (χ1) is 13.0. The van der Waals surface area contributed by atoms with E-state index in [0.29, 0.717) is 10.6 Å². The molecule has 5 nitrogen and oxygen atoms in total. The Morgan fingerprint density at radius 2 is 2.11 bits per heavy atom. The molecule has 4 rings (SSSR count). The number of fused-ring (bicyclic) bond motifs is 1. The minimum Gasteiger partial charge on any atom is -0.388 e. The standard InChI is InChI=1S/C21H27ClN2O3/c1-21(26,14-6-2-3-7-14)13-23-20(25)15-12-24(18-10-5-11-27-18)17-9-4-8-16(22)19(15)17/h4,8-9,12,14,18,26H,2-3,5-7,10-11,13H2,1H3,(H,23,25). The number of aromatic nitrogens is 1. The molecule has 2 heterocycles. The molecule has 1 saturated heterocycles. The predicted octanol–water partition coefficient (Wildman–Crippen LogP) is 4.27. The van der Waals surface area contributed by atoms with E-state index in [-0.39, 0.29) is 24.6 Å². The van der Waals surface area contributed by atoms with Crippen LogP contribution in [-0.2, 0) is 4.74 Å². The third-order valence-corrected chi connectivity index (χ3v) is 6.42. The van der Waals surface area contributed by atoms with Crippen LogP contribution >= 0.6 is 11.6 Å². The van der Waals surface area contributed by atoms with Gasteiger partial charge < -0.3 is 19.7 Å². The van der Waals surface area contributed by atoms with Crippen LogP contribution in [0.2, 0.25) is 5.02 Å². The Bertz CT molecular complexity index is 833. The lowest BCUT2D eigenvalue weighted by atomic mass is 9.87. The third kappa shape index (κ3) is 3.60. The molecule has 1 aliphatic carbocycles.